The van der Waals surface area contributed by atoms with Crippen LogP contribution in [0, 0.1) is 0 Å². The van der Waals surface area contributed by atoms with E-state index >= 15 is 0 Å². The summed E-state index contributed by atoms with van der Waals surface area (Å²) in [4.78, 5) is 16.7. The number of hydrogen-bond donors (Lipinski definition) is 0. The van der Waals surface area contributed by atoms with E-state index in [9.17, 15) is 4.79 Å². The average Bonchev–Trinajstić information content (AvgIpc) is 3.26. The van der Waals surface area contributed by atoms with E-state index in [1.807, 2.05) is 11.0 Å². The Kier molecular flexibility index (Phi) is 5.60. The van der Waals surface area contributed by atoms with Gasteiger partial charge in [0.05, 0.1) is 19.8 Å². The Bertz CT molecular complexity index is 801. The van der Waals surface area contributed by atoms with E-state index in [0.29, 0.717) is 18.9 Å². The standard InChI is InChI=1S/C22H28N2O3/c1-26-20-7-6-17-14-19(5-4-18(17)15-20)21-16-23(12-13-27-21)11-8-22(25)24-9-2-3-10-24/h4-7,14-15,21H,2-3,8-13,16H2,1H3/t21-/m1/s1. The predicted octanol–water partition coefficient (Wildman–Crippen LogP) is 3.23. The topological polar surface area (TPSA) is 42.0 Å². The van der Waals surface area contributed by atoms with Crippen LogP contribution in [0.3, 0.4) is 0 Å². The lowest BCUT2D eigenvalue weighted by atomic mass is 10.0. The smallest absolute Gasteiger partial charge is 0.223 e. The molecule has 2 saturated heterocycles. The van der Waals surface area contributed by atoms with Gasteiger partial charge in [0, 0.05) is 39.1 Å². The summed E-state index contributed by atoms with van der Waals surface area (Å²) >= 11 is 0. The lowest BCUT2D eigenvalue weighted by molar-refractivity contribution is -0.131. The molecule has 2 aromatic rings. The van der Waals surface area contributed by atoms with E-state index in [0.717, 1.165) is 51.3 Å². The minimum atomic E-state index is 0.0622. The van der Waals surface area contributed by atoms with Crippen molar-refractivity contribution in [2.75, 3.05) is 46.4 Å². The summed E-state index contributed by atoms with van der Waals surface area (Å²) in [5.41, 5.74) is 1.20. The third-order valence-electron chi connectivity index (χ3n) is 5.69. The molecule has 0 aromatic heterocycles. The fraction of sp³-hybridized carbons (Fsp3) is 0.500. The van der Waals surface area contributed by atoms with E-state index < -0.39 is 0 Å². The second-order valence-electron chi connectivity index (χ2n) is 7.47. The zero-order valence-electron chi connectivity index (χ0n) is 16.0. The van der Waals surface area contributed by atoms with E-state index in [4.69, 9.17) is 9.47 Å². The number of ether oxygens (including phenoxy) is 2. The molecule has 0 radical (unpaired) electrons. The number of hydrogen-bond acceptors (Lipinski definition) is 4. The molecule has 1 atom stereocenters. The number of likely N-dealkylation sites (tertiary alicyclic amines) is 1. The molecule has 0 bridgehead atoms. The molecule has 2 aromatic carbocycles. The highest BCUT2D eigenvalue weighted by Crippen LogP contribution is 2.28. The van der Waals surface area contributed by atoms with Crippen LogP contribution in [-0.4, -0.2) is 62.1 Å². The number of carbonyl (C=O) groups is 1. The van der Waals surface area contributed by atoms with Crippen molar-refractivity contribution in [2.24, 2.45) is 0 Å². The number of rotatable bonds is 5. The van der Waals surface area contributed by atoms with Crippen LogP contribution >= 0.6 is 0 Å². The Morgan fingerprint density at radius 1 is 1.11 bits per heavy atom. The van der Waals surface area contributed by atoms with Crippen molar-refractivity contribution in [2.45, 2.75) is 25.4 Å². The Morgan fingerprint density at radius 2 is 1.89 bits per heavy atom. The van der Waals surface area contributed by atoms with Gasteiger partial charge in [-0.1, -0.05) is 18.2 Å². The van der Waals surface area contributed by atoms with Crippen molar-refractivity contribution in [3.8, 4) is 5.75 Å². The molecule has 2 aliphatic heterocycles. The molecule has 0 N–H and O–H groups in total. The van der Waals surface area contributed by atoms with Crippen LogP contribution in [0.2, 0.25) is 0 Å². The number of nitrogens with zero attached hydrogens (tertiary/aromatic N) is 2. The number of fused-ring (bicyclic) bond motifs is 1. The Morgan fingerprint density at radius 3 is 2.70 bits per heavy atom. The maximum absolute atomic E-state index is 12.3. The van der Waals surface area contributed by atoms with Crippen LogP contribution < -0.4 is 4.74 Å². The predicted molar refractivity (Wildman–Crippen MR) is 106 cm³/mol. The van der Waals surface area contributed by atoms with Gasteiger partial charge < -0.3 is 14.4 Å². The minimum Gasteiger partial charge on any atom is -0.497 e. The number of amides is 1. The molecule has 0 unspecified atom stereocenters. The first-order valence-corrected chi connectivity index (χ1v) is 9.92. The molecule has 27 heavy (non-hydrogen) atoms. The Labute approximate surface area is 160 Å². The van der Waals surface area contributed by atoms with Gasteiger partial charge in [-0.3, -0.25) is 9.69 Å². The summed E-state index contributed by atoms with van der Waals surface area (Å²) in [7, 11) is 1.69. The summed E-state index contributed by atoms with van der Waals surface area (Å²) in [6, 6.07) is 12.6. The monoisotopic (exact) mass is 368 g/mol. The third kappa shape index (κ3) is 4.25. The van der Waals surface area contributed by atoms with Gasteiger partial charge in [0.15, 0.2) is 0 Å². The highest BCUT2D eigenvalue weighted by Gasteiger charge is 2.24. The molecule has 4 rings (SSSR count). The van der Waals surface area contributed by atoms with Crippen molar-refractivity contribution in [3.05, 3.63) is 42.0 Å². The van der Waals surface area contributed by atoms with Crippen molar-refractivity contribution in [1.29, 1.82) is 0 Å². The largest absolute Gasteiger partial charge is 0.497 e. The second kappa shape index (κ2) is 8.28. The molecule has 0 saturated carbocycles. The van der Waals surface area contributed by atoms with Gasteiger partial charge in [-0.15, -0.1) is 0 Å². The van der Waals surface area contributed by atoms with Crippen LogP contribution in [0.5, 0.6) is 5.75 Å². The van der Waals surface area contributed by atoms with E-state index in [-0.39, 0.29) is 6.10 Å². The first-order chi connectivity index (χ1) is 13.2. The van der Waals surface area contributed by atoms with E-state index in [1.54, 1.807) is 7.11 Å². The quantitative estimate of drug-likeness (QED) is 0.813. The van der Waals surface area contributed by atoms with Crippen molar-refractivity contribution < 1.29 is 14.3 Å². The SMILES string of the molecule is COc1ccc2cc([C@H]3CN(CCC(=O)N4CCCC4)CCO3)ccc2c1. The summed E-state index contributed by atoms with van der Waals surface area (Å²) in [5, 5.41) is 2.36. The lowest BCUT2D eigenvalue weighted by Crippen LogP contribution is -2.40. The number of methoxy groups -OCH3 is 1. The molecule has 1 amide bonds. The van der Waals surface area contributed by atoms with E-state index in [1.165, 1.54) is 16.3 Å². The molecule has 5 nitrogen and oxygen atoms in total. The van der Waals surface area contributed by atoms with Crippen molar-refractivity contribution >= 4 is 16.7 Å². The Balaban J connectivity index is 1.38. The van der Waals surface area contributed by atoms with Gasteiger partial charge in [0.2, 0.25) is 5.91 Å². The third-order valence-corrected chi connectivity index (χ3v) is 5.69. The maximum atomic E-state index is 12.3. The molecule has 2 heterocycles. The van der Waals surface area contributed by atoms with Gasteiger partial charge in [0.1, 0.15) is 5.75 Å². The molecule has 5 heteroatoms. The summed E-state index contributed by atoms with van der Waals surface area (Å²) in [5.74, 6) is 1.17. The molecule has 144 valence electrons. The highest BCUT2D eigenvalue weighted by molar-refractivity contribution is 5.84. The van der Waals surface area contributed by atoms with Crippen LogP contribution in [0.1, 0.15) is 30.9 Å². The maximum Gasteiger partial charge on any atom is 0.223 e. The van der Waals surface area contributed by atoms with Crippen molar-refractivity contribution in [3.63, 3.8) is 0 Å². The zero-order chi connectivity index (χ0) is 18.6. The van der Waals surface area contributed by atoms with Gasteiger partial charge in [-0.2, -0.15) is 0 Å². The first-order valence-electron chi connectivity index (χ1n) is 9.92. The number of morpholine rings is 1. The molecular weight excluding hydrogens is 340 g/mol. The summed E-state index contributed by atoms with van der Waals surface area (Å²) in [6.45, 7) is 5.14. The lowest BCUT2D eigenvalue weighted by Gasteiger charge is -2.33. The summed E-state index contributed by atoms with van der Waals surface area (Å²) < 4.78 is 11.3. The van der Waals surface area contributed by atoms with Gasteiger partial charge in [-0.25, -0.2) is 0 Å². The normalized spacial score (nSPS) is 20.9. The van der Waals surface area contributed by atoms with Crippen molar-refractivity contribution in [1.82, 2.24) is 9.80 Å². The van der Waals surface area contributed by atoms with Crippen LogP contribution in [0.15, 0.2) is 36.4 Å². The number of carbonyl (C=O) groups excluding carboxylic acids is 1. The zero-order valence-corrected chi connectivity index (χ0v) is 16.0. The Hall–Kier alpha value is -2.11. The minimum absolute atomic E-state index is 0.0622. The van der Waals surface area contributed by atoms with Crippen LogP contribution in [0.4, 0.5) is 0 Å². The molecule has 2 aliphatic rings. The van der Waals surface area contributed by atoms with Gasteiger partial charge in [0.25, 0.3) is 0 Å². The molecule has 0 spiro atoms. The van der Waals surface area contributed by atoms with E-state index in [2.05, 4.69) is 35.2 Å². The molecule has 2 fully saturated rings. The average molecular weight is 368 g/mol. The van der Waals surface area contributed by atoms with Gasteiger partial charge >= 0.3 is 0 Å². The van der Waals surface area contributed by atoms with Crippen LogP contribution in [0.25, 0.3) is 10.8 Å². The number of benzene rings is 2. The first kappa shape index (κ1) is 18.3. The summed E-state index contributed by atoms with van der Waals surface area (Å²) in [6.07, 6.45) is 2.98. The second-order valence-corrected chi connectivity index (χ2v) is 7.47. The fourth-order valence-electron chi connectivity index (χ4n) is 4.06. The van der Waals surface area contributed by atoms with Crippen LogP contribution in [-0.2, 0) is 9.53 Å². The molecular formula is C22H28N2O3. The van der Waals surface area contributed by atoms with Gasteiger partial charge in [-0.05, 0) is 47.4 Å². The fourth-order valence-corrected chi connectivity index (χ4v) is 4.06. The molecule has 0 aliphatic carbocycles. The highest BCUT2D eigenvalue weighted by atomic mass is 16.5.